The van der Waals surface area contributed by atoms with Crippen molar-refractivity contribution in [1.29, 1.82) is 0 Å². The number of halogens is 2. The molecule has 4 heteroatoms. The second kappa shape index (κ2) is 3.48. The lowest BCUT2D eigenvalue weighted by atomic mass is 10.6. The van der Waals surface area contributed by atoms with E-state index in [0.29, 0.717) is 12.5 Å². The maximum Gasteiger partial charge on any atom is 0.248 e. The molecule has 0 saturated heterocycles. The van der Waals surface area contributed by atoms with Crippen LogP contribution in [-0.2, 0) is 4.79 Å². The third kappa shape index (κ3) is 6.47. The zero-order chi connectivity index (χ0) is 6.62. The van der Waals surface area contributed by atoms with E-state index in [2.05, 4.69) is 0 Å². The van der Waals surface area contributed by atoms with Gasteiger partial charge in [0.05, 0.1) is 0 Å². The molecule has 48 valence electrons. The Morgan fingerprint density at radius 3 is 2.25 bits per heavy atom. The lowest BCUT2D eigenvalue weighted by Crippen LogP contribution is -2.11. The monoisotopic (exact) mass is 170 g/mol. The van der Waals surface area contributed by atoms with Gasteiger partial charge in [-0.2, -0.15) is 0 Å². The van der Waals surface area contributed by atoms with Gasteiger partial charge in [-0.1, -0.05) is 0 Å². The van der Waals surface area contributed by atoms with Crippen molar-refractivity contribution in [3.05, 3.63) is 0 Å². The number of aldehydes is 1. The van der Waals surface area contributed by atoms with Crippen molar-refractivity contribution in [2.45, 2.75) is 19.0 Å². The van der Waals surface area contributed by atoms with Gasteiger partial charge in [-0.3, -0.25) is 0 Å². The van der Waals surface area contributed by atoms with Gasteiger partial charge in [0.1, 0.15) is 6.29 Å². The fourth-order valence-corrected chi connectivity index (χ4v) is 1.59. The molecule has 1 nitrogen and oxygen atoms in total. The molecule has 8 heavy (non-hydrogen) atoms. The molecule has 0 aliphatic rings. The van der Waals surface area contributed by atoms with Gasteiger partial charge in [0.2, 0.25) is 6.69 Å². The molecule has 0 amide bonds. The molecule has 0 radical (unpaired) electrons. The Balaban J connectivity index is 3.24. The van der Waals surface area contributed by atoms with Crippen molar-refractivity contribution in [2.24, 2.45) is 0 Å². The molecule has 0 N–H and O–H groups in total. The summed E-state index contributed by atoms with van der Waals surface area (Å²) in [5.74, 6) is 0. The van der Waals surface area contributed by atoms with E-state index in [9.17, 15) is 4.79 Å². The van der Waals surface area contributed by atoms with Crippen LogP contribution in [0.4, 0.5) is 0 Å². The second-order valence-electron chi connectivity index (χ2n) is 1.78. The van der Waals surface area contributed by atoms with Crippen LogP contribution in [0.25, 0.3) is 0 Å². The molecule has 0 aromatic carbocycles. The molecule has 0 rings (SSSR count). The number of carbonyl (C=O) groups is 1. The van der Waals surface area contributed by atoms with Crippen LogP contribution in [0.2, 0.25) is 12.6 Å². The lowest BCUT2D eigenvalue weighted by Gasteiger charge is -2.04. The zero-order valence-electron chi connectivity index (χ0n) is 4.66. The first-order chi connectivity index (χ1) is 3.56. The van der Waals surface area contributed by atoms with E-state index >= 15 is 0 Å². The summed E-state index contributed by atoms with van der Waals surface area (Å²) in [7, 11) is 0. The Morgan fingerprint density at radius 2 is 2.12 bits per heavy atom. The average molecular weight is 171 g/mol. The Kier molecular flexibility index (Phi) is 3.69. The van der Waals surface area contributed by atoms with Crippen molar-refractivity contribution in [2.75, 3.05) is 0 Å². The molecule has 0 unspecified atom stereocenters. The van der Waals surface area contributed by atoms with Gasteiger partial charge in [0.25, 0.3) is 0 Å². The molecule has 0 saturated carbocycles. The summed E-state index contributed by atoms with van der Waals surface area (Å²) < 4.78 is 0. The largest absolute Gasteiger partial charge is 0.303 e. The summed E-state index contributed by atoms with van der Waals surface area (Å²) in [6.07, 6.45) is 1.34. The number of hydrogen-bond donors (Lipinski definition) is 0. The summed E-state index contributed by atoms with van der Waals surface area (Å²) in [6.45, 7) is -0.160. The molecule has 0 aromatic rings. The van der Waals surface area contributed by atoms with Crippen molar-refractivity contribution in [3.8, 4) is 0 Å². The molecular formula is C4H8Cl2OSi. The SMILES string of the molecule is C[Si](Cl)(Cl)CCC=O. The number of hydrogen-bond acceptors (Lipinski definition) is 1. The third-order valence-electron chi connectivity index (χ3n) is 0.701. The first kappa shape index (κ1) is 8.47. The minimum absolute atomic E-state index is 0.496. The van der Waals surface area contributed by atoms with Crippen LogP contribution in [-0.4, -0.2) is 13.0 Å². The fourth-order valence-electron chi connectivity index (χ4n) is 0.312. The number of carbonyl (C=O) groups excluding carboxylic acids is 1. The highest BCUT2D eigenvalue weighted by Crippen LogP contribution is 2.20. The predicted molar refractivity (Wildman–Crippen MR) is 38.8 cm³/mol. The summed E-state index contributed by atoms with van der Waals surface area (Å²) in [5, 5.41) is 0. The van der Waals surface area contributed by atoms with Gasteiger partial charge >= 0.3 is 0 Å². The zero-order valence-corrected chi connectivity index (χ0v) is 7.17. The smallest absolute Gasteiger partial charge is 0.248 e. The highest BCUT2D eigenvalue weighted by Gasteiger charge is 2.19. The molecule has 0 heterocycles. The van der Waals surface area contributed by atoms with Gasteiger partial charge in [-0.15, -0.1) is 22.2 Å². The second-order valence-corrected chi connectivity index (χ2v) is 10.0. The lowest BCUT2D eigenvalue weighted by molar-refractivity contribution is -0.107. The minimum atomic E-state index is -1.96. The van der Waals surface area contributed by atoms with Crippen LogP contribution in [0.5, 0.6) is 0 Å². The standard InChI is InChI=1S/C4H8Cl2OSi/c1-8(5,6)4-2-3-7/h3H,2,4H2,1H3. The quantitative estimate of drug-likeness (QED) is 0.361. The van der Waals surface area contributed by atoms with Crippen LogP contribution >= 0.6 is 22.2 Å². The molecule has 0 fully saturated rings. The minimum Gasteiger partial charge on any atom is -0.303 e. The molecule has 0 aliphatic carbocycles. The van der Waals surface area contributed by atoms with Crippen LogP contribution in [0.15, 0.2) is 0 Å². The van der Waals surface area contributed by atoms with E-state index in [1.165, 1.54) is 0 Å². The van der Waals surface area contributed by atoms with Gasteiger partial charge in [0, 0.05) is 6.42 Å². The Morgan fingerprint density at radius 1 is 1.62 bits per heavy atom. The van der Waals surface area contributed by atoms with E-state index < -0.39 is 6.69 Å². The summed E-state index contributed by atoms with van der Waals surface area (Å²) >= 11 is 11.3. The predicted octanol–water partition coefficient (Wildman–Crippen LogP) is 2.12. The van der Waals surface area contributed by atoms with E-state index in [-0.39, 0.29) is 0 Å². The molecular weight excluding hydrogens is 163 g/mol. The normalized spacial score (nSPS) is 11.4. The summed E-state index contributed by atoms with van der Waals surface area (Å²) in [4.78, 5) is 9.76. The maximum absolute atomic E-state index is 9.76. The van der Waals surface area contributed by atoms with Crippen LogP contribution in [0, 0.1) is 0 Å². The average Bonchev–Trinajstić information content (AvgIpc) is 1.59. The molecule has 0 bridgehead atoms. The third-order valence-corrected chi connectivity index (χ3v) is 3.00. The van der Waals surface area contributed by atoms with Crippen LogP contribution in [0.3, 0.4) is 0 Å². The highest BCUT2D eigenvalue weighted by atomic mass is 35.7. The van der Waals surface area contributed by atoms with E-state index in [0.717, 1.165) is 6.29 Å². The maximum atomic E-state index is 9.76. The Labute approximate surface area is 59.4 Å². The van der Waals surface area contributed by atoms with E-state index in [1.807, 2.05) is 0 Å². The van der Waals surface area contributed by atoms with Crippen LogP contribution < -0.4 is 0 Å². The first-order valence-corrected chi connectivity index (χ1v) is 7.11. The van der Waals surface area contributed by atoms with Gasteiger partial charge in [0.15, 0.2) is 0 Å². The van der Waals surface area contributed by atoms with Crippen molar-refractivity contribution in [3.63, 3.8) is 0 Å². The number of rotatable bonds is 3. The molecule has 0 spiro atoms. The summed E-state index contributed by atoms with van der Waals surface area (Å²) in [5.41, 5.74) is 0. The van der Waals surface area contributed by atoms with Crippen molar-refractivity contribution >= 4 is 35.1 Å². The molecule has 0 aliphatic heterocycles. The Hall–Kier alpha value is 0.467. The molecule has 0 aromatic heterocycles. The highest BCUT2D eigenvalue weighted by molar-refractivity contribution is 7.44. The Bertz CT molecular complexity index is 78.6. The van der Waals surface area contributed by atoms with Gasteiger partial charge < -0.3 is 4.79 Å². The fraction of sp³-hybridized carbons (Fsp3) is 0.750. The van der Waals surface area contributed by atoms with Crippen molar-refractivity contribution in [1.82, 2.24) is 0 Å². The van der Waals surface area contributed by atoms with E-state index in [4.69, 9.17) is 22.2 Å². The van der Waals surface area contributed by atoms with Crippen molar-refractivity contribution < 1.29 is 4.79 Å². The molecule has 0 atom stereocenters. The van der Waals surface area contributed by atoms with Gasteiger partial charge in [-0.25, -0.2) is 0 Å². The van der Waals surface area contributed by atoms with Crippen LogP contribution in [0.1, 0.15) is 6.42 Å². The summed E-state index contributed by atoms with van der Waals surface area (Å²) in [6, 6.07) is 0.666. The first-order valence-electron chi connectivity index (χ1n) is 2.38. The van der Waals surface area contributed by atoms with E-state index in [1.54, 1.807) is 6.55 Å². The topological polar surface area (TPSA) is 17.1 Å². The van der Waals surface area contributed by atoms with Gasteiger partial charge in [-0.05, 0) is 12.6 Å².